The molecule has 0 bridgehead atoms. The van der Waals surface area contributed by atoms with E-state index in [1.807, 2.05) is 0 Å². The molecule has 0 atom stereocenters. The summed E-state index contributed by atoms with van der Waals surface area (Å²) >= 11 is 0. The van der Waals surface area contributed by atoms with Gasteiger partial charge in [-0.15, -0.1) is 0 Å². The van der Waals surface area contributed by atoms with E-state index in [-0.39, 0.29) is 5.41 Å². The minimum absolute atomic E-state index is 0.105. The third-order valence-corrected chi connectivity index (χ3v) is 2.95. The molecular formula is C13H24N4. The van der Waals surface area contributed by atoms with Crippen LogP contribution in [0.15, 0.2) is 12.4 Å². The first-order valence-corrected chi connectivity index (χ1v) is 6.28. The summed E-state index contributed by atoms with van der Waals surface area (Å²) in [5.41, 5.74) is 6.97. The molecular weight excluding hydrogens is 212 g/mol. The second-order valence-electron chi connectivity index (χ2n) is 5.10. The summed E-state index contributed by atoms with van der Waals surface area (Å²) in [6.45, 7) is 11.1. The molecule has 17 heavy (non-hydrogen) atoms. The maximum Gasteiger partial charge on any atom is 0.132 e. The highest BCUT2D eigenvalue weighted by Gasteiger charge is 2.20. The van der Waals surface area contributed by atoms with E-state index in [1.54, 1.807) is 6.33 Å². The van der Waals surface area contributed by atoms with Crippen LogP contribution >= 0.6 is 0 Å². The maximum absolute atomic E-state index is 5.78. The van der Waals surface area contributed by atoms with Gasteiger partial charge in [0.1, 0.15) is 12.1 Å². The Hall–Kier alpha value is -1.16. The van der Waals surface area contributed by atoms with Crippen LogP contribution in [0.1, 0.15) is 33.4 Å². The summed E-state index contributed by atoms with van der Waals surface area (Å²) in [5.74, 6) is 1.00. The molecule has 0 unspecified atom stereocenters. The number of nitrogens with zero attached hydrogens (tertiary/aromatic N) is 3. The SMILES string of the molecule is CCc1cc(N(CC)CC(C)(C)CN)ncn1. The number of aromatic nitrogens is 2. The average Bonchev–Trinajstić information content (AvgIpc) is 2.36. The second kappa shape index (κ2) is 5.96. The summed E-state index contributed by atoms with van der Waals surface area (Å²) in [7, 11) is 0. The molecule has 1 heterocycles. The summed E-state index contributed by atoms with van der Waals surface area (Å²) in [6, 6.07) is 2.07. The van der Waals surface area contributed by atoms with E-state index in [0.29, 0.717) is 6.54 Å². The van der Waals surface area contributed by atoms with Crippen molar-refractivity contribution >= 4 is 5.82 Å². The smallest absolute Gasteiger partial charge is 0.132 e. The normalized spacial score (nSPS) is 11.6. The molecule has 0 aliphatic rings. The van der Waals surface area contributed by atoms with Crippen LogP contribution in [-0.2, 0) is 6.42 Å². The van der Waals surface area contributed by atoms with E-state index in [4.69, 9.17) is 5.73 Å². The minimum Gasteiger partial charge on any atom is -0.356 e. The summed E-state index contributed by atoms with van der Waals surface area (Å²) in [6.07, 6.45) is 2.58. The van der Waals surface area contributed by atoms with Gasteiger partial charge in [0.05, 0.1) is 0 Å². The lowest BCUT2D eigenvalue weighted by molar-refractivity contribution is 0.378. The van der Waals surface area contributed by atoms with E-state index in [1.165, 1.54) is 0 Å². The fourth-order valence-electron chi connectivity index (χ4n) is 1.69. The molecule has 1 aromatic rings. The standard InChI is InChI=1S/C13H24N4/c1-5-11-7-12(16-10-15-11)17(6-2)9-13(3,4)8-14/h7,10H,5-6,8-9,14H2,1-4H3. The largest absolute Gasteiger partial charge is 0.356 e. The molecule has 0 spiro atoms. The van der Waals surface area contributed by atoms with Crippen LogP contribution in [-0.4, -0.2) is 29.6 Å². The first-order chi connectivity index (χ1) is 8.02. The highest BCUT2D eigenvalue weighted by molar-refractivity contribution is 5.39. The third kappa shape index (κ3) is 3.97. The van der Waals surface area contributed by atoms with Crippen molar-refractivity contribution in [1.82, 2.24) is 9.97 Å². The number of aryl methyl sites for hydroxylation is 1. The van der Waals surface area contributed by atoms with E-state index in [0.717, 1.165) is 31.0 Å². The van der Waals surface area contributed by atoms with Gasteiger partial charge >= 0.3 is 0 Å². The van der Waals surface area contributed by atoms with Crippen molar-refractivity contribution in [1.29, 1.82) is 0 Å². The van der Waals surface area contributed by atoms with E-state index < -0.39 is 0 Å². The molecule has 0 aliphatic carbocycles. The predicted octanol–water partition coefficient (Wildman–Crippen LogP) is 1.85. The Labute approximate surface area is 104 Å². The lowest BCUT2D eigenvalue weighted by Crippen LogP contribution is -2.39. The van der Waals surface area contributed by atoms with Gasteiger partial charge in [-0.05, 0) is 25.3 Å². The van der Waals surface area contributed by atoms with Crippen molar-refractivity contribution in [2.24, 2.45) is 11.1 Å². The quantitative estimate of drug-likeness (QED) is 0.819. The zero-order valence-electron chi connectivity index (χ0n) is 11.4. The van der Waals surface area contributed by atoms with Gasteiger partial charge < -0.3 is 10.6 Å². The van der Waals surface area contributed by atoms with Crippen molar-refractivity contribution in [2.75, 3.05) is 24.5 Å². The fourth-order valence-corrected chi connectivity index (χ4v) is 1.69. The van der Waals surface area contributed by atoms with E-state index >= 15 is 0 Å². The van der Waals surface area contributed by atoms with Crippen molar-refractivity contribution in [3.8, 4) is 0 Å². The Balaban J connectivity index is 2.86. The van der Waals surface area contributed by atoms with Gasteiger partial charge in [0.15, 0.2) is 0 Å². The van der Waals surface area contributed by atoms with Crippen LogP contribution in [0.5, 0.6) is 0 Å². The van der Waals surface area contributed by atoms with Crippen molar-refractivity contribution < 1.29 is 0 Å². The molecule has 0 aromatic carbocycles. The van der Waals surface area contributed by atoms with Gasteiger partial charge in [-0.2, -0.15) is 0 Å². The molecule has 4 nitrogen and oxygen atoms in total. The predicted molar refractivity (Wildman–Crippen MR) is 72.1 cm³/mol. The number of nitrogens with two attached hydrogens (primary N) is 1. The number of hydrogen-bond donors (Lipinski definition) is 1. The monoisotopic (exact) mass is 236 g/mol. The fraction of sp³-hybridized carbons (Fsp3) is 0.692. The van der Waals surface area contributed by atoms with Gasteiger partial charge in [0.2, 0.25) is 0 Å². The molecule has 1 aromatic heterocycles. The van der Waals surface area contributed by atoms with Gasteiger partial charge in [-0.1, -0.05) is 20.8 Å². The molecule has 96 valence electrons. The first-order valence-electron chi connectivity index (χ1n) is 6.28. The highest BCUT2D eigenvalue weighted by atomic mass is 15.2. The minimum atomic E-state index is 0.105. The molecule has 2 N–H and O–H groups in total. The molecule has 0 aliphatic heterocycles. The number of hydrogen-bond acceptors (Lipinski definition) is 4. The van der Waals surface area contributed by atoms with Crippen LogP contribution in [0.4, 0.5) is 5.82 Å². The zero-order chi connectivity index (χ0) is 12.9. The van der Waals surface area contributed by atoms with E-state index in [2.05, 4.69) is 48.6 Å². The van der Waals surface area contributed by atoms with Gasteiger partial charge in [0, 0.05) is 24.8 Å². The van der Waals surface area contributed by atoms with Crippen LogP contribution in [0.3, 0.4) is 0 Å². The van der Waals surface area contributed by atoms with Gasteiger partial charge in [-0.3, -0.25) is 0 Å². The van der Waals surface area contributed by atoms with Crippen molar-refractivity contribution in [3.63, 3.8) is 0 Å². The van der Waals surface area contributed by atoms with Crippen molar-refractivity contribution in [3.05, 3.63) is 18.1 Å². The Morgan fingerprint density at radius 2 is 2.00 bits per heavy atom. The first kappa shape index (κ1) is 13.9. The summed E-state index contributed by atoms with van der Waals surface area (Å²) in [4.78, 5) is 10.8. The zero-order valence-corrected chi connectivity index (χ0v) is 11.4. The Bertz CT molecular complexity index is 349. The molecule has 0 amide bonds. The molecule has 4 heteroatoms. The lowest BCUT2D eigenvalue weighted by atomic mass is 9.93. The molecule has 0 saturated heterocycles. The molecule has 0 fully saturated rings. The molecule has 1 rings (SSSR count). The van der Waals surface area contributed by atoms with Crippen LogP contribution in [0.2, 0.25) is 0 Å². The van der Waals surface area contributed by atoms with Crippen molar-refractivity contribution in [2.45, 2.75) is 34.1 Å². The Morgan fingerprint density at radius 3 is 2.53 bits per heavy atom. The Morgan fingerprint density at radius 1 is 1.29 bits per heavy atom. The third-order valence-electron chi connectivity index (χ3n) is 2.95. The summed E-state index contributed by atoms with van der Waals surface area (Å²) < 4.78 is 0. The van der Waals surface area contributed by atoms with Crippen LogP contribution in [0, 0.1) is 5.41 Å². The summed E-state index contributed by atoms with van der Waals surface area (Å²) in [5, 5.41) is 0. The van der Waals surface area contributed by atoms with E-state index in [9.17, 15) is 0 Å². The maximum atomic E-state index is 5.78. The van der Waals surface area contributed by atoms with Gasteiger partial charge in [0.25, 0.3) is 0 Å². The number of anilines is 1. The molecule has 0 radical (unpaired) electrons. The number of rotatable bonds is 6. The lowest BCUT2D eigenvalue weighted by Gasteiger charge is -2.31. The van der Waals surface area contributed by atoms with Gasteiger partial charge in [-0.25, -0.2) is 9.97 Å². The molecule has 0 saturated carbocycles. The van der Waals surface area contributed by atoms with Crippen LogP contribution < -0.4 is 10.6 Å². The highest BCUT2D eigenvalue weighted by Crippen LogP contribution is 2.19. The van der Waals surface area contributed by atoms with Crippen LogP contribution in [0.25, 0.3) is 0 Å². The average molecular weight is 236 g/mol. The Kier molecular flexibility index (Phi) is 4.87. The second-order valence-corrected chi connectivity index (χ2v) is 5.10. The topological polar surface area (TPSA) is 55.0 Å².